The van der Waals surface area contributed by atoms with Crippen molar-refractivity contribution in [1.29, 1.82) is 0 Å². The molecule has 0 fully saturated rings. The molecule has 0 aliphatic carbocycles. The van der Waals surface area contributed by atoms with E-state index < -0.39 is 5.91 Å². The standard InChI is InChI=1S/C17H15N5O4S/c1-7-8(2)27-17-12(7)14(24)21-13(22-17)15(25)18-4-9-3-10-16(19-5-9)26-6-11(23)20-10/h3,5H,4,6H2,1-2H3,(H,18,25)(H,20,23)(H,21,22,24). The molecule has 0 spiro atoms. The molecule has 0 radical (unpaired) electrons. The van der Waals surface area contributed by atoms with Crippen LogP contribution in [0, 0.1) is 13.8 Å². The quantitative estimate of drug-likeness (QED) is 0.623. The molecule has 1 aliphatic rings. The number of hydrogen-bond donors (Lipinski definition) is 3. The Kier molecular flexibility index (Phi) is 4.11. The molecule has 0 atom stereocenters. The van der Waals surface area contributed by atoms with Gasteiger partial charge in [0.1, 0.15) is 10.5 Å². The maximum absolute atomic E-state index is 12.4. The number of nitrogens with zero attached hydrogens (tertiary/aromatic N) is 2. The zero-order chi connectivity index (χ0) is 19.1. The number of ether oxygens (including phenoxy) is 1. The van der Waals surface area contributed by atoms with Crippen LogP contribution in [0.5, 0.6) is 5.88 Å². The summed E-state index contributed by atoms with van der Waals surface area (Å²) in [6, 6.07) is 1.67. The van der Waals surface area contributed by atoms with E-state index in [1.165, 1.54) is 11.3 Å². The average molecular weight is 385 g/mol. The van der Waals surface area contributed by atoms with Gasteiger partial charge in [0.2, 0.25) is 11.7 Å². The second-order valence-corrected chi connectivity index (χ2v) is 7.30. The van der Waals surface area contributed by atoms with E-state index in [9.17, 15) is 14.4 Å². The van der Waals surface area contributed by atoms with Crippen LogP contribution in [-0.2, 0) is 11.3 Å². The smallest absolute Gasteiger partial charge is 0.287 e. The molecule has 138 valence electrons. The van der Waals surface area contributed by atoms with Gasteiger partial charge in [0, 0.05) is 17.6 Å². The summed E-state index contributed by atoms with van der Waals surface area (Å²) in [5.74, 6) is -0.473. The summed E-state index contributed by atoms with van der Waals surface area (Å²) < 4.78 is 5.19. The minimum Gasteiger partial charge on any atom is -0.466 e. The van der Waals surface area contributed by atoms with Crippen LogP contribution in [0.2, 0.25) is 0 Å². The summed E-state index contributed by atoms with van der Waals surface area (Å²) >= 11 is 1.38. The highest BCUT2D eigenvalue weighted by Gasteiger charge is 2.18. The first kappa shape index (κ1) is 17.2. The number of amides is 2. The Balaban J connectivity index is 1.53. The Hall–Kier alpha value is -3.27. The third kappa shape index (κ3) is 3.14. The van der Waals surface area contributed by atoms with Crippen molar-refractivity contribution in [2.45, 2.75) is 20.4 Å². The summed E-state index contributed by atoms with van der Waals surface area (Å²) in [5.41, 5.74) is 1.66. The lowest BCUT2D eigenvalue weighted by molar-refractivity contribution is -0.118. The molecule has 0 aromatic carbocycles. The molecule has 0 saturated heterocycles. The van der Waals surface area contributed by atoms with Gasteiger partial charge in [-0.15, -0.1) is 11.3 Å². The number of aromatic nitrogens is 3. The number of pyridine rings is 1. The summed E-state index contributed by atoms with van der Waals surface area (Å²) in [6.07, 6.45) is 1.54. The van der Waals surface area contributed by atoms with Gasteiger partial charge in [-0.25, -0.2) is 9.97 Å². The van der Waals surface area contributed by atoms with E-state index in [4.69, 9.17) is 4.74 Å². The van der Waals surface area contributed by atoms with Crippen molar-refractivity contribution in [3.05, 3.63) is 44.4 Å². The lowest BCUT2D eigenvalue weighted by Crippen LogP contribution is -2.28. The highest BCUT2D eigenvalue weighted by molar-refractivity contribution is 7.18. The number of carbonyl (C=O) groups excluding carboxylic acids is 2. The van der Waals surface area contributed by atoms with Crippen molar-refractivity contribution in [2.75, 3.05) is 11.9 Å². The summed E-state index contributed by atoms with van der Waals surface area (Å²) in [5, 5.41) is 5.86. The molecule has 0 bridgehead atoms. The van der Waals surface area contributed by atoms with Crippen molar-refractivity contribution in [3.8, 4) is 5.88 Å². The van der Waals surface area contributed by atoms with E-state index in [0.29, 0.717) is 27.3 Å². The molecular formula is C17H15N5O4S. The Morgan fingerprint density at radius 3 is 3.00 bits per heavy atom. The Morgan fingerprint density at radius 1 is 1.37 bits per heavy atom. The van der Waals surface area contributed by atoms with E-state index in [2.05, 4.69) is 25.6 Å². The molecule has 27 heavy (non-hydrogen) atoms. The number of anilines is 1. The Morgan fingerprint density at radius 2 is 2.19 bits per heavy atom. The summed E-state index contributed by atoms with van der Waals surface area (Å²) in [7, 11) is 0. The first-order valence-corrected chi connectivity index (χ1v) is 8.94. The third-order valence-corrected chi connectivity index (χ3v) is 5.33. The number of hydrogen-bond acceptors (Lipinski definition) is 7. The topological polar surface area (TPSA) is 126 Å². The SMILES string of the molecule is Cc1sc2nc(C(=O)NCc3cnc4c(c3)NC(=O)CO4)[nH]c(=O)c2c1C. The van der Waals surface area contributed by atoms with E-state index in [1.807, 2.05) is 13.8 Å². The van der Waals surface area contributed by atoms with Crippen LogP contribution in [0.3, 0.4) is 0 Å². The van der Waals surface area contributed by atoms with Crippen LogP contribution in [0.15, 0.2) is 17.1 Å². The zero-order valence-corrected chi connectivity index (χ0v) is 15.3. The summed E-state index contributed by atoms with van der Waals surface area (Å²) in [4.78, 5) is 48.5. The molecule has 2 amide bonds. The first-order chi connectivity index (χ1) is 12.9. The maximum Gasteiger partial charge on any atom is 0.287 e. The molecule has 3 aromatic rings. The van der Waals surface area contributed by atoms with Gasteiger partial charge in [0.05, 0.1) is 5.39 Å². The molecule has 9 nitrogen and oxygen atoms in total. The van der Waals surface area contributed by atoms with Gasteiger partial charge < -0.3 is 20.4 Å². The molecule has 3 N–H and O–H groups in total. The fourth-order valence-corrected chi connectivity index (χ4v) is 3.78. The fourth-order valence-electron chi connectivity index (χ4n) is 2.75. The maximum atomic E-state index is 12.4. The van der Waals surface area contributed by atoms with Crippen LogP contribution < -0.4 is 20.9 Å². The van der Waals surface area contributed by atoms with Crippen LogP contribution in [0.1, 0.15) is 26.6 Å². The highest BCUT2D eigenvalue weighted by atomic mass is 32.1. The van der Waals surface area contributed by atoms with Gasteiger partial charge >= 0.3 is 0 Å². The van der Waals surface area contributed by atoms with Crippen LogP contribution in [-0.4, -0.2) is 33.4 Å². The van der Waals surface area contributed by atoms with Crippen molar-refractivity contribution >= 4 is 39.1 Å². The fraction of sp³-hybridized carbons (Fsp3) is 0.235. The second kappa shape index (κ2) is 6.47. The minimum atomic E-state index is -0.504. The number of rotatable bonds is 3. The number of nitrogens with one attached hydrogen (secondary N) is 3. The lowest BCUT2D eigenvalue weighted by Gasteiger charge is -2.17. The number of aromatic amines is 1. The largest absolute Gasteiger partial charge is 0.466 e. The van der Waals surface area contributed by atoms with Crippen molar-refractivity contribution in [3.63, 3.8) is 0 Å². The molecule has 10 heteroatoms. The molecule has 4 heterocycles. The van der Waals surface area contributed by atoms with Crippen molar-refractivity contribution in [1.82, 2.24) is 20.3 Å². The molecule has 3 aromatic heterocycles. The van der Waals surface area contributed by atoms with E-state index >= 15 is 0 Å². The number of H-pyrrole nitrogens is 1. The Bertz CT molecular complexity index is 1150. The third-order valence-electron chi connectivity index (χ3n) is 4.23. The second-order valence-electron chi connectivity index (χ2n) is 6.09. The van der Waals surface area contributed by atoms with Crippen LogP contribution >= 0.6 is 11.3 Å². The van der Waals surface area contributed by atoms with E-state index in [-0.39, 0.29) is 30.4 Å². The molecule has 4 rings (SSSR count). The minimum absolute atomic E-state index is 0.0451. The number of thiophene rings is 1. The number of fused-ring (bicyclic) bond motifs is 2. The predicted octanol–water partition coefficient (Wildman–Crippen LogP) is 1.26. The number of aryl methyl sites for hydroxylation is 2. The molecule has 0 saturated carbocycles. The Labute approximate surface area is 156 Å². The van der Waals surface area contributed by atoms with Crippen LogP contribution in [0.25, 0.3) is 10.2 Å². The lowest BCUT2D eigenvalue weighted by atomic mass is 10.2. The molecule has 1 aliphatic heterocycles. The van der Waals surface area contributed by atoms with Gasteiger partial charge in [0.15, 0.2) is 6.61 Å². The average Bonchev–Trinajstić information content (AvgIpc) is 2.93. The van der Waals surface area contributed by atoms with Gasteiger partial charge in [-0.3, -0.25) is 14.4 Å². The highest BCUT2D eigenvalue weighted by Crippen LogP contribution is 2.26. The van der Waals surface area contributed by atoms with E-state index in [1.54, 1.807) is 12.3 Å². The van der Waals surface area contributed by atoms with Crippen molar-refractivity contribution in [2.24, 2.45) is 0 Å². The van der Waals surface area contributed by atoms with E-state index in [0.717, 1.165) is 10.4 Å². The van der Waals surface area contributed by atoms with Crippen molar-refractivity contribution < 1.29 is 14.3 Å². The van der Waals surface area contributed by atoms with Gasteiger partial charge in [-0.1, -0.05) is 0 Å². The number of carbonyl (C=O) groups is 2. The monoisotopic (exact) mass is 385 g/mol. The zero-order valence-electron chi connectivity index (χ0n) is 14.5. The predicted molar refractivity (Wildman–Crippen MR) is 99.2 cm³/mol. The van der Waals surface area contributed by atoms with Gasteiger partial charge in [-0.05, 0) is 31.0 Å². The van der Waals surface area contributed by atoms with Crippen LogP contribution in [0.4, 0.5) is 5.69 Å². The van der Waals surface area contributed by atoms with Gasteiger partial charge in [0.25, 0.3) is 17.4 Å². The van der Waals surface area contributed by atoms with Gasteiger partial charge in [-0.2, -0.15) is 0 Å². The molecular weight excluding hydrogens is 370 g/mol. The normalized spacial score (nSPS) is 13.0. The molecule has 0 unspecified atom stereocenters. The first-order valence-electron chi connectivity index (χ1n) is 8.12. The summed E-state index contributed by atoms with van der Waals surface area (Å²) in [6.45, 7) is 3.85.